The van der Waals surface area contributed by atoms with Crippen molar-refractivity contribution in [2.75, 3.05) is 12.8 Å². The van der Waals surface area contributed by atoms with Crippen molar-refractivity contribution in [1.29, 1.82) is 5.26 Å². The number of halogens is 3. The van der Waals surface area contributed by atoms with Crippen molar-refractivity contribution in [2.45, 2.75) is 6.18 Å². The average Bonchev–Trinajstić information content (AvgIpc) is 2.53. The first-order valence-corrected chi connectivity index (χ1v) is 4.62. The number of ether oxygens (including phenoxy) is 1. The van der Waals surface area contributed by atoms with Gasteiger partial charge in [0.25, 0.3) is 0 Å². The van der Waals surface area contributed by atoms with Crippen molar-refractivity contribution in [3.8, 4) is 6.07 Å². The van der Waals surface area contributed by atoms with Gasteiger partial charge < -0.3 is 10.5 Å². The summed E-state index contributed by atoms with van der Waals surface area (Å²) >= 11 is 0.103. The molecule has 1 rings (SSSR count). The molecule has 1 heterocycles. The number of carbonyl (C=O) groups excluding carboxylic acids is 1. The predicted octanol–water partition coefficient (Wildman–Crippen LogP) is 2.01. The summed E-state index contributed by atoms with van der Waals surface area (Å²) in [5, 5.41) is 8.55. The summed E-state index contributed by atoms with van der Waals surface area (Å²) in [6.45, 7) is 0. The molecule has 1 aromatic heterocycles. The zero-order chi connectivity index (χ0) is 12.5. The number of nitrogens with zero attached hydrogens (tertiary/aromatic N) is 1. The topological polar surface area (TPSA) is 76.1 Å². The second-order valence-corrected chi connectivity index (χ2v) is 3.67. The van der Waals surface area contributed by atoms with Gasteiger partial charge in [0.1, 0.15) is 15.8 Å². The molecular formula is C8H5F3N2O2S. The molecule has 0 saturated heterocycles. The molecule has 0 spiro atoms. The Hall–Kier alpha value is -1.75. The van der Waals surface area contributed by atoms with Gasteiger partial charge in [-0.15, -0.1) is 11.3 Å². The number of rotatable bonds is 1. The Kier molecular flexibility index (Phi) is 3.09. The van der Waals surface area contributed by atoms with Gasteiger partial charge in [0.05, 0.1) is 18.4 Å². The van der Waals surface area contributed by atoms with Gasteiger partial charge in [-0.3, -0.25) is 0 Å². The van der Waals surface area contributed by atoms with Crippen LogP contribution in [0.15, 0.2) is 0 Å². The van der Waals surface area contributed by atoms with Crippen LogP contribution in [0.4, 0.5) is 18.9 Å². The lowest BCUT2D eigenvalue weighted by atomic mass is 10.2. The van der Waals surface area contributed by atoms with Crippen molar-refractivity contribution in [1.82, 2.24) is 0 Å². The molecule has 0 aliphatic carbocycles. The maximum Gasteiger partial charge on any atom is 0.426 e. The number of alkyl halides is 3. The third-order valence-electron chi connectivity index (χ3n) is 1.69. The molecule has 0 fully saturated rings. The van der Waals surface area contributed by atoms with Crippen LogP contribution in [0.5, 0.6) is 0 Å². The number of carbonyl (C=O) groups is 1. The molecule has 86 valence electrons. The highest BCUT2D eigenvalue weighted by atomic mass is 32.1. The van der Waals surface area contributed by atoms with Crippen molar-refractivity contribution in [3.63, 3.8) is 0 Å². The number of anilines is 1. The number of esters is 1. The molecule has 0 amide bonds. The van der Waals surface area contributed by atoms with Crippen molar-refractivity contribution in [3.05, 3.63) is 15.3 Å². The van der Waals surface area contributed by atoms with Crippen LogP contribution >= 0.6 is 11.3 Å². The van der Waals surface area contributed by atoms with Gasteiger partial charge >= 0.3 is 12.1 Å². The molecular weight excluding hydrogens is 245 g/mol. The molecule has 0 unspecified atom stereocenters. The van der Waals surface area contributed by atoms with E-state index in [0.717, 1.165) is 7.11 Å². The number of thiophene rings is 1. The number of hydrogen-bond donors (Lipinski definition) is 1. The molecule has 16 heavy (non-hydrogen) atoms. The highest BCUT2D eigenvalue weighted by Crippen LogP contribution is 2.41. The Bertz CT molecular complexity index is 473. The summed E-state index contributed by atoms with van der Waals surface area (Å²) in [5.41, 5.74) is 4.04. The lowest BCUT2D eigenvalue weighted by Gasteiger charge is -2.02. The van der Waals surface area contributed by atoms with Gasteiger partial charge in [-0.2, -0.15) is 18.4 Å². The lowest BCUT2D eigenvalue weighted by molar-refractivity contribution is -0.134. The highest BCUT2D eigenvalue weighted by molar-refractivity contribution is 7.15. The largest absolute Gasteiger partial charge is 0.465 e. The summed E-state index contributed by atoms with van der Waals surface area (Å²) in [7, 11) is 1.01. The molecule has 0 aliphatic heterocycles. The van der Waals surface area contributed by atoms with Gasteiger partial charge in [0.2, 0.25) is 0 Å². The normalized spacial score (nSPS) is 10.9. The van der Waals surface area contributed by atoms with Crippen LogP contribution in [0.1, 0.15) is 20.1 Å². The molecule has 0 radical (unpaired) electrons. The van der Waals surface area contributed by atoms with Gasteiger partial charge in [-0.25, -0.2) is 4.79 Å². The summed E-state index contributed by atoms with van der Waals surface area (Å²) < 4.78 is 41.6. The Morgan fingerprint density at radius 3 is 2.44 bits per heavy atom. The highest BCUT2D eigenvalue weighted by Gasteiger charge is 2.39. The van der Waals surface area contributed by atoms with E-state index in [-0.39, 0.29) is 11.3 Å². The van der Waals surface area contributed by atoms with E-state index in [1.165, 1.54) is 6.07 Å². The summed E-state index contributed by atoms with van der Waals surface area (Å²) in [6.07, 6.45) is -4.71. The number of methoxy groups -OCH3 is 1. The summed E-state index contributed by atoms with van der Waals surface area (Å²) in [6, 6.07) is 1.33. The number of nitrogen functional groups attached to an aromatic ring is 1. The van der Waals surface area contributed by atoms with Crippen LogP contribution < -0.4 is 5.73 Å². The van der Waals surface area contributed by atoms with Gasteiger partial charge in [0, 0.05) is 0 Å². The second-order valence-electron chi connectivity index (χ2n) is 2.65. The molecule has 0 atom stereocenters. The monoisotopic (exact) mass is 250 g/mol. The minimum atomic E-state index is -4.71. The molecule has 0 aliphatic rings. The first kappa shape index (κ1) is 12.3. The van der Waals surface area contributed by atoms with E-state index in [9.17, 15) is 18.0 Å². The molecule has 1 aromatic rings. The molecule has 0 bridgehead atoms. The van der Waals surface area contributed by atoms with Crippen molar-refractivity contribution < 1.29 is 22.7 Å². The van der Waals surface area contributed by atoms with Gasteiger partial charge in [0.15, 0.2) is 0 Å². The van der Waals surface area contributed by atoms with Crippen LogP contribution in [0.3, 0.4) is 0 Å². The van der Waals surface area contributed by atoms with E-state index in [0.29, 0.717) is 0 Å². The quantitative estimate of drug-likeness (QED) is 0.773. The Labute approximate surface area is 92.0 Å². The van der Waals surface area contributed by atoms with Gasteiger partial charge in [-0.1, -0.05) is 0 Å². The molecule has 4 nitrogen and oxygen atoms in total. The molecule has 0 saturated carbocycles. The van der Waals surface area contributed by atoms with E-state index < -0.39 is 33.2 Å². The van der Waals surface area contributed by atoms with Crippen molar-refractivity contribution >= 4 is 23.0 Å². The maximum absolute atomic E-state index is 12.4. The maximum atomic E-state index is 12.4. The fourth-order valence-corrected chi connectivity index (χ4v) is 1.96. The average molecular weight is 250 g/mol. The smallest absolute Gasteiger partial charge is 0.426 e. The summed E-state index contributed by atoms with van der Waals surface area (Å²) in [5.74, 6) is -0.991. The first-order chi connectivity index (χ1) is 7.32. The SMILES string of the molecule is COC(=O)c1sc(C(F)(F)F)c(C#N)c1N. The Morgan fingerprint density at radius 1 is 1.56 bits per heavy atom. The minimum absolute atomic E-state index is 0.103. The van der Waals surface area contributed by atoms with E-state index in [2.05, 4.69) is 4.74 Å². The summed E-state index contributed by atoms with van der Waals surface area (Å²) in [4.78, 5) is 9.48. The molecule has 2 N–H and O–H groups in total. The Balaban J connectivity index is 3.45. The number of hydrogen-bond acceptors (Lipinski definition) is 5. The Morgan fingerprint density at radius 2 is 2.12 bits per heavy atom. The molecule has 8 heteroatoms. The van der Waals surface area contributed by atoms with E-state index in [1.54, 1.807) is 0 Å². The van der Waals surface area contributed by atoms with Crippen LogP contribution in [-0.4, -0.2) is 13.1 Å². The van der Waals surface area contributed by atoms with Crippen molar-refractivity contribution in [2.24, 2.45) is 0 Å². The third kappa shape index (κ3) is 1.94. The zero-order valence-electron chi connectivity index (χ0n) is 7.88. The number of nitrogens with two attached hydrogens (primary N) is 1. The third-order valence-corrected chi connectivity index (χ3v) is 2.92. The van der Waals surface area contributed by atoms with E-state index in [1.807, 2.05) is 0 Å². The predicted molar refractivity (Wildman–Crippen MR) is 49.8 cm³/mol. The number of nitriles is 1. The first-order valence-electron chi connectivity index (χ1n) is 3.80. The second kappa shape index (κ2) is 4.02. The minimum Gasteiger partial charge on any atom is -0.465 e. The standard InChI is InChI=1S/C8H5F3N2O2S/c1-15-7(14)5-4(13)3(2-12)6(16-5)8(9,10)11/h13H2,1H3. The van der Waals surface area contributed by atoms with Crippen LogP contribution in [0.25, 0.3) is 0 Å². The van der Waals surface area contributed by atoms with Crippen LogP contribution in [0.2, 0.25) is 0 Å². The van der Waals surface area contributed by atoms with Crippen LogP contribution in [-0.2, 0) is 10.9 Å². The fraction of sp³-hybridized carbons (Fsp3) is 0.250. The lowest BCUT2D eigenvalue weighted by Crippen LogP contribution is -2.04. The molecule has 0 aromatic carbocycles. The van der Waals surface area contributed by atoms with E-state index in [4.69, 9.17) is 11.0 Å². The van der Waals surface area contributed by atoms with Crippen LogP contribution in [0, 0.1) is 11.3 Å². The van der Waals surface area contributed by atoms with E-state index >= 15 is 0 Å². The fourth-order valence-electron chi connectivity index (χ4n) is 0.999. The van der Waals surface area contributed by atoms with Gasteiger partial charge in [-0.05, 0) is 0 Å². The zero-order valence-corrected chi connectivity index (χ0v) is 8.70.